The minimum Gasteiger partial charge on any atom is -0.506 e. The highest BCUT2D eigenvalue weighted by molar-refractivity contribution is 6.14. The van der Waals surface area contributed by atoms with Crippen molar-refractivity contribution in [2.75, 3.05) is 37.6 Å². The number of hydrogen-bond acceptors (Lipinski definition) is 4. The number of carbonyl (C=O) groups excluding carboxylic acids is 1. The van der Waals surface area contributed by atoms with Crippen molar-refractivity contribution in [1.82, 2.24) is 9.88 Å². The van der Waals surface area contributed by atoms with Gasteiger partial charge in [0.2, 0.25) is 0 Å². The first-order chi connectivity index (χ1) is 15.2. The van der Waals surface area contributed by atoms with Gasteiger partial charge in [0.25, 0.3) is 0 Å². The lowest BCUT2D eigenvalue weighted by molar-refractivity contribution is 0.0928. The highest BCUT2D eigenvalue weighted by Crippen LogP contribution is 2.31. The van der Waals surface area contributed by atoms with Gasteiger partial charge in [0.05, 0.1) is 23.5 Å². The van der Waals surface area contributed by atoms with Gasteiger partial charge in [0.1, 0.15) is 5.75 Å². The zero-order valence-corrected chi connectivity index (χ0v) is 17.3. The van der Waals surface area contributed by atoms with Crippen LogP contribution in [0.15, 0.2) is 78.9 Å². The summed E-state index contributed by atoms with van der Waals surface area (Å²) in [6, 6.07) is 25.5. The van der Waals surface area contributed by atoms with Crippen LogP contribution in [-0.4, -0.2) is 53.5 Å². The molecule has 4 aromatic rings. The van der Waals surface area contributed by atoms with Crippen molar-refractivity contribution in [2.24, 2.45) is 0 Å². The number of nitrogens with zero attached hydrogens (tertiary/aromatic N) is 2. The van der Waals surface area contributed by atoms with E-state index in [1.807, 2.05) is 72.8 Å². The van der Waals surface area contributed by atoms with Gasteiger partial charge in [-0.3, -0.25) is 9.69 Å². The van der Waals surface area contributed by atoms with E-state index in [1.165, 1.54) is 0 Å². The van der Waals surface area contributed by atoms with Crippen molar-refractivity contribution < 1.29 is 9.90 Å². The zero-order chi connectivity index (χ0) is 21.2. The maximum atomic E-state index is 13.5. The Morgan fingerprint density at radius 3 is 2.29 bits per heavy atom. The fraction of sp³-hybridized carbons (Fsp3) is 0.192. The van der Waals surface area contributed by atoms with Crippen LogP contribution < -0.4 is 4.90 Å². The van der Waals surface area contributed by atoms with Crippen molar-refractivity contribution in [3.63, 3.8) is 0 Å². The molecular formula is C26H25N3O2. The van der Waals surface area contributed by atoms with Crippen molar-refractivity contribution in [2.45, 2.75) is 0 Å². The van der Waals surface area contributed by atoms with Crippen LogP contribution in [0.25, 0.3) is 22.2 Å². The highest BCUT2D eigenvalue weighted by Gasteiger charge is 2.24. The van der Waals surface area contributed by atoms with Crippen LogP contribution in [0.5, 0.6) is 5.75 Å². The molecule has 5 heteroatoms. The molecule has 0 unspecified atom stereocenters. The molecule has 0 aliphatic carbocycles. The molecule has 2 N–H and O–H groups in total. The van der Waals surface area contributed by atoms with E-state index in [4.69, 9.17) is 0 Å². The van der Waals surface area contributed by atoms with Gasteiger partial charge >= 0.3 is 0 Å². The third-order valence-corrected chi connectivity index (χ3v) is 6.01. The molecule has 2 heterocycles. The Morgan fingerprint density at radius 1 is 0.839 bits per heavy atom. The lowest BCUT2D eigenvalue weighted by atomic mass is 10.0. The average Bonchev–Trinajstić information content (AvgIpc) is 3.20. The largest absolute Gasteiger partial charge is 0.506 e. The molecule has 5 rings (SSSR count). The molecule has 1 aliphatic rings. The average molecular weight is 412 g/mol. The van der Waals surface area contributed by atoms with Crippen LogP contribution in [0.4, 0.5) is 5.69 Å². The second kappa shape index (κ2) is 8.28. The summed E-state index contributed by atoms with van der Waals surface area (Å²) in [7, 11) is 0. The van der Waals surface area contributed by atoms with E-state index in [0.29, 0.717) is 12.3 Å². The molecule has 156 valence electrons. The first-order valence-corrected chi connectivity index (χ1v) is 10.7. The molecule has 1 saturated heterocycles. The number of anilines is 1. The number of rotatable bonds is 5. The first kappa shape index (κ1) is 19.4. The SMILES string of the molecule is O=C(CN1CCN(c2ccccc2O)CC1)c1c(-c2ccccc2)[nH]c2ccccc12. The van der Waals surface area contributed by atoms with Gasteiger partial charge in [0, 0.05) is 37.1 Å². The molecule has 0 saturated carbocycles. The standard InChI is InChI=1S/C26H25N3O2/c30-23-13-7-6-12-22(23)29-16-14-28(15-17-29)18-24(31)25-20-10-4-5-11-21(20)27-26(25)19-8-2-1-3-9-19/h1-13,27,30H,14-18H2. The van der Waals surface area contributed by atoms with Crippen LogP contribution >= 0.6 is 0 Å². The summed E-state index contributed by atoms with van der Waals surface area (Å²) in [5.74, 6) is 0.436. The van der Waals surface area contributed by atoms with Crippen LogP contribution in [0.3, 0.4) is 0 Å². The summed E-state index contributed by atoms with van der Waals surface area (Å²) in [5, 5.41) is 11.1. The van der Waals surface area contributed by atoms with E-state index in [9.17, 15) is 9.90 Å². The van der Waals surface area contributed by atoms with Crippen molar-refractivity contribution >= 4 is 22.4 Å². The molecule has 0 amide bonds. The Bertz CT molecular complexity index is 1210. The number of nitrogens with one attached hydrogen (secondary N) is 1. The lowest BCUT2D eigenvalue weighted by Gasteiger charge is -2.36. The number of phenolic OH excluding ortho intramolecular Hbond substituents is 1. The van der Waals surface area contributed by atoms with Gasteiger partial charge in [-0.15, -0.1) is 0 Å². The Morgan fingerprint density at radius 2 is 1.52 bits per heavy atom. The van der Waals surface area contributed by atoms with Gasteiger partial charge in [-0.25, -0.2) is 0 Å². The third-order valence-electron chi connectivity index (χ3n) is 6.01. The number of aromatic hydroxyl groups is 1. The van der Waals surface area contributed by atoms with Gasteiger partial charge < -0.3 is 15.0 Å². The second-order valence-corrected chi connectivity index (χ2v) is 7.96. The molecule has 0 radical (unpaired) electrons. The molecule has 0 bridgehead atoms. The molecule has 3 aromatic carbocycles. The number of piperazine rings is 1. The number of ketones is 1. The van der Waals surface area contributed by atoms with E-state index in [-0.39, 0.29) is 5.78 Å². The number of benzene rings is 3. The molecular weight excluding hydrogens is 386 g/mol. The van der Waals surface area contributed by atoms with Crippen LogP contribution in [0.1, 0.15) is 10.4 Å². The first-order valence-electron chi connectivity index (χ1n) is 10.7. The molecule has 31 heavy (non-hydrogen) atoms. The second-order valence-electron chi connectivity index (χ2n) is 7.96. The quantitative estimate of drug-likeness (QED) is 0.473. The summed E-state index contributed by atoms with van der Waals surface area (Å²) < 4.78 is 0. The highest BCUT2D eigenvalue weighted by atomic mass is 16.3. The number of para-hydroxylation sites is 3. The predicted molar refractivity (Wildman–Crippen MR) is 125 cm³/mol. The molecule has 1 aromatic heterocycles. The topological polar surface area (TPSA) is 59.6 Å². The molecule has 0 atom stereocenters. The fourth-order valence-electron chi connectivity index (χ4n) is 4.41. The minimum absolute atomic E-state index is 0.132. The van der Waals surface area contributed by atoms with Gasteiger partial charge in [-0.1, -0.05) is 60.7 Å². The van der Waals surface area contributed by atoms with E-state index >= 15 is 0 Å². The molecule has 1 aliphatic heterocycles. The Balaban J connectivity index is 1.36. The number of phenols is 1. The number of aromatic nitrogens is 1. The number of carbonyl (C=O) groups is 1. The van der Waals surface area contributed by atoms with Crippen LogP contribution in [0.2, 0.25) is 0 Å². The summed E-state index contributed by atoms with van der Waals surface area (Å²) in [6.45, 7) is 3.51. The summed E-state index contributed by atoms with van der Waals surface area (Å²) in [5.41, 5.74) is 4.52. The van der Waals surface area contributed by atoms with Crippen LogP contribution in [-0.2, 0) is 0 Å². The van der Waals surface area contributed by atoms with Crippen molar-refractivity contribution in [1.29, 1.82) is 0 Å². The Labute approximate surface area is 181 Å². The van der Waals surface area contributed by atoms with Crippen LogP contribution in [0, 0.1) is 0 Å². The van der Waals surface area contributed by atoms with E-state index in [2.05, 4.69) is 14.8 Å². The smallest absolute Gasteiger partial charge is 0.179 e. The summed E-state index contributed by atoms with van der Waals surface area (Å²) in [6.07, 6.45) is 0. The predicted octanol–water partition coefficient (Wildman–Crippen LogP) is 4.55. The van der Waals surface area contributed by atoms with E-state index in [0.717, 1.165) is 59.6 Å². The lowest BCUT2D eigenvalue weighted by Crippen LogP contribution is -2.48. The minimum atomic E-state index is 0.132. The van der Waals surface area contributed by atoms with Gasteiger partial charge in [-0.2, -0.15) is 0 Å². The van der Waals surface area contributed by atoms with E-state index in [1.54, 1.807) is 6.07 Å². The molecule has 1 fully saturated rings. The van der Waals surface area contributed by atoms with E-state index < -0.39 is 0 Å². The zero-order valence-electron chi connectivity index (χ0n) is 17.3. The Kier molecular flexibility index (Phi) is 5.18. The number of Topliss-reactive ketones (excluding diaryl/α,β-unsaturated/α-hetero) is 1. The fourth-order valence-corrected chi connectivity index (χ4v) is 4.41. The number of H-pyrrole nitrogens is 1. The molecule has 0 spiro atoms. The monoisotopic (exact) mass is 411 g/mol. The van der Waals surface area contributed by atoms with Crippen molar-refractivity contribution in [3.8, 4) is 17.0 Å². The summed E-state index contributed by atoms with van der Waals surface area (Å²) >= 11 is 0. The van der Waals surface area contributed by atoms with Gasteiger partial charge in [0.15, 0.2) is 5.78 Å². The maximum Gasteiger partial charge on any atom is 0.179 e. The maximum absolute atomic E-state index is 13.5. The summed E-state index contributed by atoms with van der Waals surface area (Å²) in [4.78, 5) is 21.3. The van der Waals surface area contributed by atoms with Gasteiger partial charge in [-0.05, 0) is 23.8 Å². The normalized spacial score (nSPS) is 14.8. The number of fused-ring (bicyclic) bond motifs is 1. The molecule has 5 nitrogen and oxygen atoms in total. The third kappa shape index (κ3) is 3.80. The number of hydrogen-bond donors (Lipinski definition) is 2. The number of aromatic amines is 1. The van der Waals surface area contributed by atoms with Crippen molar-refractivity contribution in [3.05, 3.63) is 84.4 Å². The Hall–Kier alpha value is -3.57.